The van der Waals surface area contributed by atoms with Crippen molar-refractivity contribution in [3.8, 4) is 0 Å². The molecule has 1 fully saturated rings. The van der Waals surface area contributed by atoms with Crippen LogP contribution >= 0.6 is 0 Å². The van der Waals surface area contributed by atoms with Crippen LogP contribution in [0.5, 0.6) is 0 Å². The molecule has 0 saturated carbocycles. The van der Waals surface area contributed by atoms with Crippen molar-refractivity contribution in [2.75, 3.05) is 13.1 Å². The molecule has 0 aromatic carbocycles. The van der Waals surface area contributed by atoms with Crippen LogP contribution in [0.15, 0.2) is 12.3 Å². The largest absolute Gasteiger partial charge is 0.390 e. The van der Waals surface area contributed by atoms with E-state index < -0.39 is 0 Å². The molecule has 1 saturated heterocycles. The average molecular weight is 223 g/mol. The number of aromatic nitrogens is 2. The van der Waals surface area contributed by atoms with Crippen LogP contribution in [0.1, 0.15) is 38.4 Å². The van der Waals surface area contributed by atoms with E-state index in [0.717, 1.165) is 38.2 Å². The number of rotatable bonds is 5. The van der Waals surface area contributed by atoms with E-state index in [1.807, 2.05) is 0 Å². The Morgan fingerprint density at radius 1 is 1.44 bits per heavy atom. The van der Waals surface area contributed by atoms with Gasteiger partial charge in [0.2, 0.25) is 0 Å². The molecule has 0 atom stereocenters. The maximum absolute atomic E-state index is 9.20. The van der Waals surface area contributed by atoms with Crippen LogP contribution in [0.3, 0.4) is 0 Å². The van der Waals surface area contributed by atoms with Gasteiger partial charge in [-0.15, -0.1) is 0 Å². The van der Waals surface area contributed by atoms with Gasteiger partial charge in [0.1, 0.15) is 0 Å². The Hall–Kier alpha value is -0.870. The summed E-state index contributed by atoms with van der Waals surface area (Å²) in [7, 11) is 0. The molecule has 1 aliphatic heterocycles. The van der Waals surface area contributed by atoms with Crippen molar-refractivity contribution in [3.05, 3.63) is 18.0 Å². The van der Waals surface area contributed by atoms with E-state index in [4.69, 9.17) is 0 Å². The Morgan fingerprint density at radius 2 is 2.12 bits per heavy atom. The van der Waals surface area contributed by atoms with E-state index in [-0.39, 0.29) is 6.10 Å². The quantitative estimate of drug-likeness (QED) is 0.821. The van der Waals surface area contributed by atoms with Gasteiger partial charge in [-0.25, -0.2) is 0 Å². The lowest BCUT2D eigenvalue weighted by molar-refractivity contribution is -0.00366. The van der Waals surface area contributed by atoms with Crippen LogP contribution < -0.4 is 0 Å². The van der Waals surface area contributed by atoms with Gasteiger partial charge in [0, 0.05) is 25.8 Å². The molecule has 1 N–H and O–H groups in total. The monoisotopic (exact) mass is 223 g/mol. The molecule has 1 aliphatic rings. The van der Waals surface area contributed by atoms with E-state index in [2.05, 4.69) is 40.8 Å². The molecule has 0 aliphatic carbocycles. The standard InChI is InChI=1S/C12H21N3O/c1-3-11(4-2)15-6-5-10(13-15)7-14-8-12(16)9-14/h5-6,11-12,16H,3-4,7-9H2,1-2H3. The van der Waals surface area contributed by atoms with E-state index in [0.29, 0.717) is 6.04 Å². The third-order valence-corrected chi connectivity index (χ3v) is 3.30. The molecule has 90 valence electrons. The second kappa shape index (κ2) is 4.97. The van der Waals surface area contributed by atoms with Gasteiger partial charge < -0.3 is 5.11 Å². The van der Waals surface area contributed by atoms with Crippen molar-refractivity contribution in [1.29, 1.82) is 0 Å². The van der Waals surface area contributed by atoms with Gasteiger partial charge in [0.25, 0.3) is 0 Å². The molecule has 4 heteroatoms. The first kappa shape index (κ1) is 11.6. The predicted octanol–water partition coefficient (Wildman–Crippen LogP) is 1.42. The molecular weight excluding hydrogens is 202 g/mol. The van der Waals surface area contributed by atoms with Gasteiger partial charge in [0.15, 0.2) is 0 Å². The highest BCUT2D eigenvalue weighted by Gasteiger charge is 2.24. The maximum Gasteiger partial charge on any atom is 0.0794 e. The zero-order chi connectivity index (χ0) is 11.5. The summed E-state index contributed by atoms with van der Waals surface area (Å²) in [5, 5.41) is 13.8. The first-order valence-corrected chi connectivity index (χ1v) is 6.17. The molecule has 1 aromatic heterocycles. The molecule has 0 amide bonds. The molecule has 0 bridgehead atoms. The first-order valence-electron chi connectivity index (χ1n) is 6.17. The van der Waals surface area contributed by atoms with Crippen molar-refractivity contribution in [1.82, 2.24) is 14.7 Å². The maximum atomic E-state index is 9.20. The van der Waals surface area contributed by atoms with Crippen LogP contribution in [-0.2, 0) is 6.54 Å². The van der Waals surface area contributed by atoms with E-state index in [1.165, 1.54) is 0 Å². The third-order valence-electron chi connectivity index (χ3n) is 3.30. The smallest absolute Gasteiger partial charge is 0.0794 e. The molecule has 0 unspecified atom stereocenters. The fourth-order valence-electron chi connectivity index (χ4n) is 2.23. The highest BCUT2D eigenvalue weighted by molar-refractivity contribution is 5.01. The van der Waals surface area contributed by atoms with Crippen LogP contribution in [0.2, 0.25) is 0 Å². The predicted molar refractivity (Wildman–Crippen MR) is 63.1 cm³/mol. The molecule has 4 nitrogen and oxygen atoms in total. The minimum absolute atomic E-state index is 0.124. The SMILES string of the molecule is CCC(CC)n1ccc(CN2CC(O)C2)n1. The summed E-state index contributed by atoms with van der Waals surface area (Å²) < 4.78 is 2.07. The summed E-state index contributed by atoms with van der Waals surface area (Å²) in [6, 6.07) is 2.61. The molecule has 1 aromatic rings. The number of β-amino-alcohol motifs (C(OH)–C–C–N with tert-alkyl or cyclic N) is 1. The number of nitrogens with zero attached hydrogens (tertiary/aromatic N) is 3. The highest BCUT2D eigenvalue weighted by Crippen LogP contribution is 2.16. The van der Waals surface area contributed by atoms with Crippen molar-refractivity contribution in [2.24, 2.45) is 0 Å². The lowest BCUT2D eigenvalue weighted by Gasteiger charge is -2.35. The molecular formula is C12H21N3O. The Balaban J connectivity index is 1.91. The summed E-state index contributed by atoms with van der Waals surface area (Å²) in [4.78, 5) is 2.21. The van der Waals surface area contributed by atoms with E-state index in [1.54, 1.807) is 0 Å². The normalized spacial score (nSPS) is 18.0. The fraction of sp³-hybridized carbons (Fsp3) is 0.750. The lowest BCUT2D eigenvalue weighted by atomic mass is 10.1. The molecule has 16 heavy (non-hydrogen) atoms. The van der Waals surface area contributed by atoms with Gasteiger partial charge in [-0.2, -0.15) is 5.10 Å². The van der Waals surface area contributed by atoms with Gasteiger partial charge in [-0.3, -0.25) is 9.58 Å². The third kappa shape index (κ3) is 2.44. The second-order valence-corrected chi connectivity index (χ2v) is 4.61. The molecule has 2 heterocycles. The topological polar surface area (TPSA) is 41.3 Å². The molecule has 0 radical (unpaired) electrons. The van der Waals surface area contributed by atoms with Gasteiger partial charge in [-0.05, 0) is 18.9 Å². The number of aliphatic hydroxyl groups is 1. The van der Waals surface area contributed by atoms with Crippen LogP contribution in [-0.4, -0.2) is 39.0 Å². The lowest BCUT2D eigenvalue weighted by Crippen LogP contribution is -2.49. The van der Waals surface area contributed by atoms with Crippen molar-refractivity contribution in [2.45, 2.75) is 45.4 Å². The summed E-state index contributed by atoms with van der Waals surface area (Å²) >= 11 is 0. The minimum atomic E-state index is -0.124. The van der Waals surface area contributed by atoms with Gasteiger partial charge in [-0.1, -0.05) is 13.8 Å². The van der Waals surface area contributed by atoms with Gasteiger partial charge >= 0.3 is 0 Å². The van der Waals surface area contributed by atoms with E-state index >= 15 is 0 Å². The summed E-state index contributed by atoms with van der Waals surface area (Å²) in [6.07, 6.45) is 4.20. The fourth-order valence-corrected chi connectivity index (χ4v) is 2.23. The number of likely N-dealkylation sites (tertiary alicyclic amines) is 1. The zero-order valence-electron chi connectivity index (χ0n) is 10.1. The summed E-state index contributed by atoms with van der Waals surface area (Å²) in [6.45, 7) is 6.84. The Kier molecular flexibility index (Phi) is 3.61. The average Bonchev–Trinajstić information content (AvgIpc) is 2.66. The van der Waals surface area contributed by atoms with Crippen molar-refractivity contribution in [3.63, 3.8) is 0 Å². The van der Waals surface area contributed by atoms with Crippen LogP contribution in [0.4, 0.5) is 0 Å². The number of hydrogen-bond acceptors (Lipinski definition) is 3. The van der Waals surface area contributed by atoms with Crippen LogP contribution in [0, 0.1) is 0 Å². The Morgan fingerprint density at radius 3 is 2.69 bits per heavy atom. The summed E-state index contributed by atoms with van der Waals surface area (Å²) in [5.74, 6) is 0. The number of aliphatic hydroxyl groups excluding tert-OH is 1. The summed E-state index contributed by atoms with van der Waals surface area (Å²) in [5.41, 5.74) is 1.11. The second-order valence-electron chi connectivity index (χ2n) is 4.61. The van der Waals surface area contributed by atoms with Crippen molar-refractivity contribution < 1.29 is 5.11 Å². The first-order chi connectivity index (χ1) is 7.72. The molecule has 2 rings (SSSR count). The van der Waals surface area contributed by atoms with Crippen molar-refractivity contribution >= 4 is 0 Å². The Bertz CT molecular complexity index is 327. The molecule has 0 spiro atoms. The van der Waals surface area contributed by atoms with Gasteiger partial charge in [0.05, 0.1) is 17.8 Å². The number of hydrogen-bond donors (Lipinski definition) is 1. The van der Waals surface area contributed by atoms with E-state index in [9.17, 15) is 5.11 Å². The highest BCUT2D eigenvalue weighted by atomic mass is 16.3. The van der Waals surface area contributed by atoms with Crippen LogP contribution in [0.25, 0.3) is 0 Å². The Labute approximate surface area is 96.9 Å². The minimum Gasteiger partial charge on any atom is -0.390 e. The zero-order valence-corrected chi connectivity index (χ0v) is 10.1.